The lowest BCUT2D eigenvalue weighted by Gasteiger charge is -2.15. The molecule has 2 heterocycles. The highest BCUT2D eigenvalue weighted by molar-refractivity contribution is 7.17. The van der Waals surface area contributed by atoms with Crippen LogP contribution < -0.4 is 5.19 Å². The van der Waals surface area contributed by atoms with Crippen molar-refractivity contribution in [2.24, 2.45) is 0 Å². The summed E-state index contributed by atoms with van der Waals surface area (Å²) in [6.07, 6.45) is 0. The first kappa shape index (κ1) is 11.1. The fraction of sp³-hybridized carbons (Fsp3) is 0.286. The Labute approximate surface area is 106 Å². The van der Waals surface area contributed by atoms with Gasteiger partial charge in [0, 0.05) is 15.5 Å². The third kappa shape index (κ3) is 1.57. The minimum absolute atomic E-state index is 1.05. The summed E-state index contributed by atoms with van der Waals surface area (Å²) in [5.41, 5.74) is 1.05. The molecule has 3 heteroatoms. The Balaban J connectivity index is 2.56. The molecule has 1 aromatic carbocycles. The molecule has 0 spiro atoms. The van der Waals surface area contributed by atoms with Gasteiger partial charge in [-0.3, -0.25) is 0 Å². The number of thiophene rings is 1. The van der Waals surface area contributed by atoms with Crippen molar-refractivity contribution in [3.8, 4) is 0 Å². The van der Waals surface area contributed by atoms with Crippen molar-refractivity contribution >= 4 is 45.7 Å². The summed E-state index contributed by atoms with van der Waals surface area (Å²) >= 11 is 1.80. The average molecular weight is 260 g/mol. The third-order valence-corrected chi connectivity index (χ3v) is 6.20. The molecule has 0 unspecified atom stereocenters. The lowest BCUT2D eigenvalue weighted by atomic mass is 10.2. The maximum atomic E-state index is 5.94. The van der Waals surface area contributed by atoms with Crippen LogP contribution in [0.25, 0.3) is 21.1 Å². The Morgan fingerprint density at radius 1 is 1.12 bits per heavy atom. The van der Waals surface area contributed by atoms with Gasteiger partial charge in [-0.25, -0.2) is 0 Å². The van der Waals surface area contributed by atoms with Crippen molar-refractivity contribution in [1.29, 1.82) is 0 Å². The van der Waals surface area contributed by atoms with E-state index in [4.69, 9.17) is 4.42 Å². The molecule has 0 saturated carbocycles. The van der Waals surface area contributed by atoms with Crippen molar-refractivity contribution < 1.29 is 4.42 Å². The molecule has 0 radical (unpaired) electrons. The van der Waals surface area contributed by atoms with E-state index < -0.39 is 8.07 Å². The highest BCUT2D eigenvalue weighted by Crippen LogP contribution is 2.31. The normalized spacial score (nSPS) is 12.7. The Hall–Kier alpha value is -1.06. The molecule has 0 N–H and O–H groups in total. The lowest BCUT2D eigenvalue weighted by Crippen LogP contribution is -2.38. The highest BCUT2D eigenvalue weighted by Gasteiger charge is 2.26. The molecule has 0 aliphatic carbocycles. The molecule has 0 bridgehead atoms. The van der Waals surface area contributed by atoms with Crippen molar-refractivity contribution in [1.82, 2.24) is 0 Å². The number of furan rings is 1. The van der Waals surface area contributed by atoms with Gasteiger partial charge in [0.25, 0.3) is 0 Å². The van der Waals surface area contributed by atoms with Crippen LogP contribution in [-0.2, 0) is 0 Å². The summed E-state index contributed by atoms with van der Waals surface area (Å²) in [7, 11) is -1.37. The monoisotopic (exact) mass is 260 g/mol. The number of aryl methyl sites for hydroxylation is 1. The molecule has 0 aliphatic rings. The largest absolute Gasteiger partial charge is 0.461 e. The Bertz CT molecular complexity index is 700. The minimum atomic E-state index is -1.37. The van der Waals surface area contributed by atoms with Crippen LogP contribution in [0.15, 0.2) is 28.0 Å². The Morgan fingerprint density at radius 3 is 2.59 bits per heavy atom. The molecule has 3 rings (SSSR count). The third-order valence-electron chi connectivity index (χ3n) is 3.21. The molecule has 2 aromatic heterocycles. The average Bonchev–Trinajstić information content (AvgIpc) is 2.76. The van der Waals surface area contributed by atoms with Gasteiger partial charge in [-0.05, 0) is 35.7 Å². The molecule has 88 valence electrons. The maximum absolute atomic E-state index is 5.94. The topological polar surface area (TPSA) is 13.1 Å². The molecule has 17 heavy (non-hydrogen) atoms. The zero-order valence-corrected chi connectivity index (χ0v) is 12.4. The fourth-order valence-corrected chi connectivity index (χ4v) is 5.57. The van der Waals surface area contributed by atoms with E-state index in [1.165, 1.54) is 20.7 Å². The fourth-order valence-electron chi connectivity index (χ4n) is 2.66. The SMILES string of the molecule is Cc1oc2ccc3sccc3c2c1[Si](C)(C)C. The molecular weight excluding hydrogens is 244 g/mol. The van der Waals surface area contributed by atoms with Gasteiger partial charge in [0.1, 0.15) is 11.3 Å². The van der Waals surface area contributed by atoms with Crippen LogP contribution in [0, 0.1) is 6.92 Å². The first-order chi connectivity index (χ1) is 7.98. The van der Waals surface area contributed by atoms with Crippen LogP contribution in [-0.4, -0.2) is 8.07 Å². The van der Waals surface area contributed by atoms with Gasteiger partial charge in [-0.1, -0.05) is 19.6 Å². The van der Waals surface area contributed by atoms with E-state index >= 15 is 0 Å². The van der Waals surface area contributed by atoms with E-state index in [0.29, 0.717) is 0 Å². The summed E-state index contributed by atoms with van der Waals surface area (Å²) in [6.45, 7) is 9.26. The summed E-state index contributed by atoms with van der Waals surface area (Å²) in [5.74, 6) is 1.11. The van der Waals surface area contributed by atoms with Gasteiger partial charge in [0.05, 0.1) is 8.07 Å². The van der Waals surface area contributed by atoms with Gasteiger partial charge < -0.3 is 4.42 Å². The van der Waals surface area contributed by atoms with E-state index in [1.54, 1.807) is 11.3 Å². The minimum Gasteiger partial charge on any atom is -0.461 e. The van der Waals surface area contributed by atoms with E-state index in [0.717, 1.165) is 11.3 Å². The Kier molecular flexibility index (Phi) is 2.25. The van der Waals surface area contributed by atoms with Crippen LogP contribution in [0.4, 0.5) is 0 Å². The van der Waals surface area contributed by atoms with Crippen LogP contribution in [0.3, 0.4) is 0 Å². The molecular formula is C14H16OSSi. The zero-order chi connectivity index (χ0) is 12.2. The predicted molar refractivity (Wildman–Crippen MR) is 79.3 cm³/mol. The van der Waals surface area contributed by atoms with E-state index in [2.05, 4.69) is 50.1 Å². The number of fused-ring (bicyclic) bond motifs is 3. The van der Waals surface area contributed by atoms with Gasteiger partial charge in [0.15, 0.2) is 0 Å². The second kappa shape index (κ2) is 3.46. The zero-order valence-electron chi connectivity index (χ0n) is 10.6. The smallest absolute Gasteiger partial charge is 0.134 e. The van der Waals surface area contributed by atoms with E-state index in [1.807, 2.05) is 0 Å². The molecule has 0 fully saturated rings. The van der Waals surface area contributed by atoms with Crippen molar-refractivity contribution in [3.63, 3.8) is 0 Å². The second-order valence-electron chi connectivity index (χ2n) is 5.55. The van der Waals surface area contributed by atoms with Gasteiger partial charge in [-0.2, -0.15) is 0 Å². The summed E-state index contributed by atoms with van der Waals surface area (Å²) < 4.78 is 7.30. The van der Waals surface area contributed by atoms with Crippen LogP contribution >= 0.6 is 11.3 Å². The summed E-state index contributed by atoms with van der Waals surface area (Å²) in [5, 5.41) is 6.37. The van der Waals surface area contributed by atoms with Gasteiger partial charge >= 0.3 is 0 Å². The summed E-state index contributed by atoms with van der Waals surface area (Å²) in [6, 6.07) is 6.50. The number of rotatable bonds is 1. The van der Waals surface area contributed by atoms with Crippen LogP contribution in [0.1, 0.15) is 5.76 Å². The molecule has 0 atom stereocenters. The molecule has 0 aliphatic heterocycles. The van der Waals surface area contributed by atoms with Crippen molar-refractivity contribution in [2.45, 2.75) is 26.6 Å². The second-order valence-corrected chi connectivity index (χ2v) is 11.5. The van der Waals surface area contributed by atoms with Crippen LogP contribution in [0.5, 0.6) is 0 Å². The standard InChI is InChI=1S/C14H16OSSi/c1-9-14(17(2,3)4)13-10-7-8-16-12(10)6-5-11(13)15-9/h5-8H,1-4H3. The predicted octanol–water partition coefficient (Wildman–Crippen LogP) is 4.50. The van der Waals surface area contributed by atoms with E-state index in [9.17, 15) is 0 Å². The molecule has 0 amide bonds. The number of hydrogen-bond donors (Lipinski definition) is 0. The quantitative estimate of drug-likeness (QED) is 0.587. The van der Waals surface area contributed by atoms with E-state index in [-0.39, 0.29) is 0 Å². The van der Waals surface area contributed by atoms with Crippen molar-refractivity contribution in [2.75, 3.05) is 0 Å². The highest BCUT2D eigenvalue weighted by atomic mass is 32.1. The number of hydrogen-bond acceptors (Lipinski definition) is 2. The summed E-state index contributed by atoms with van der Waals surface area (Å²) in [4.78, 5) is 0. The molecule has 0 saturated heterocycles. The van der Waals surface area contributed by atoms with Crippen LogP contribution in [0.2, 0.25) is 19.6 Å². The first-order valence-corrected chi connectivity index (χ1v) is 10.3. The molecule has 1 nitrogen and oxygen atoms in total. The first-order valence-electron chi connectivity index (χ1n) is 5.88. The lowest BCUT2D eigenvalue weighted by molar-refractivity contribution is 0.581. The van der Waals surface area contributed by atoms with Gasteiger partial charge in [0.2, 0.25) is 0 Å². The number of benzene rings is 1. The van der Waals surface area contributed by atoms with Gasteiger partial charge in [-0.15, -0.1) is 11.3 Å². The molecule has 3 aromatic rings. The van der Waals surface area contributed by atoms with Crippen molar-refractivity contribution in [3.05, 3.63) is 29.3 Å². The Morgan fingerprint density at radius 2 is 1.88 bits per heavy atom. The maximum Gasteiger partial charge on any atom is 0.134 e.